The molecular formula is C56H53N. The number of rotatable bonds is 6. The Kier molecular flexibility index (Phi) is 8.45. The second-order valence-electron chi connectivity index (χ2n) is 18.2. The maximum atomic E-state index is 2.65. The summed E-state index contributed by atoms with van der Waals surface area (Å²) < 4.78 is 0. The Balaban J connectivity index is 1.36. The van der Waals surface area contributed by atoms with Crippen molar-refractivity contribution in [3.63, 3.8) is 0 Å². The molecule has 1 heteroatoms. The fourth-order valence-corrected chi connectivity index (χ4v) is 10.9. The van der Waals surface area contributed by atoms with E-state index in [0.29, 0.717) is 0 Å². The van der Waals surface area contributed by atoms with Crippen LogP contribution in [-0.2, 0) is 29.1 Å². The third-order valence-electron chi connectivity index (χ3n) is 13.9. The van der Waals surface area contributed by atoms with Gasteiger partial charge in [-0.25, -0.2) is 0 Å². The van der Waals surface area contributed by atoms with Crippen molar-refractivity contribution in [1.29, 1.82) is 0 Å². The molecule has 0 aromatic heterocycles. The molecular weight excluding hydrogens is 687 g/mol. The Labute approximate surface area is 340 Å². The molecule has 0 aliphatic heterocycles. The van der Waals surface area contributed by atoms with Gasteiger partial charge in [0.2, 0.25) is 0 Å². The average Bonchev–Trinajstić information content (AvgIpc) is 3.54. The quantitative estimate of drug-likeness (QED) is 0.164. The molecule has 0 heterocycles. The summed E-state index contributed by atoms with van der Waals surface area (Å²) in [7, 11) is 0. The molecule has 3 aliphatic rings. The van der Waals surface area contributed by atoms with Crippen molar-refractivity contribution >= 4 is 17.1 Å². The molecule has 0 spiro atoms. The van der Waals surface area contributed by atoms with Crippen molar-refractivity contribution in [3.05, 3.63) is 208 Å². The molecule has 282 valence electrons. The fraction of sp³-hybridized carbons (Fsp3) is 0.250. The zero-order valence-electron chi connectivity index (χ0n) is 34.2. The first-order valence-corrected chi connectivity index (χ1v) is 21.2. The summed E-state index contributed by atoms with van der Waals surface area (Å²) in [6.07, 6.45) is 7.10. The Bertz CT molecular complexity index is 2590. The zero-order chi connectivity index (χ0) is 38.9. The monoisotopic (exact) mass is 739 g/mol. The second kappa shape index (κ2) is 13.5. The Morgan fingerprint density at radius 3 is 1.79 bits per heavy atom. The van der Waals surface area contributed by atoms with Crippen LogP contribution in [0.4, 0.5) is 17.1 Å². The maximum Gasteiger partial charge on any atom is 0.0714 e. The van der Waals surface area contributed by atoms with Gasteiger partial charge in [-0.05, 0) is 147 Å². The largest absolute Gasteiger partial charge is 0.309 e. The molecule has 0 atom stereocenters. The summed E-state index contributed by atoms with van der Waals surface area (Å²) in [5.41, 5.74) is 21.3. The smallest absolute Gasteiger partial charge is 0.0714 e. The van der Waals surface area contributed by atoms with Crippen LogP contribution in [0, 0.1) is 6.92 Å². The molecule has 0 saturated heterocycles. The van der Waals surface area contributed by atoms with E-state index in [2.05, 4.69) is 197 Å². The van der Waals surface area contributed by atoms with E-state index in [0.717, 1.165) is 12.8 Å². The van der Waals surface area contributed by atoms with Gasteiger partial charge in [0.05, 0.1) is 16.8 Å². The second-order valence-corrected chi connectivity index (χ2v) is 18.2. The molecule has 0 unspecified atom stereocenters. The molecule has 3 aliphatic carbocycles. The average molecular weight is 740 g/mol. The van der Waals surface area contributed by atoms with Crippen LogP contribution >= 0.6 is 0 Å². The van der Waals surface area contributed by atoms with Crippen LogP contribution < -0.4 is 4.90 Å². The lowest BCUT2D eigenvalue weighted by Crippen LogP contribution is -2.33. The van der Waals surface area contributed by atoms with Gasteiger partial charge in [-0.1, -0.05) is 161 Å². The lowest BCUT2D eigenvalue weighted by atomic mass is 9.63. The van der Waals surface area contributed by atoms with Gasteiger partial charge in [0, 0.05) is 11.3 Å². The highest BCUT2D eigenvalue weighted by Crippen LogP contribution is 2.59. The first-order chi connectivity index (χ1) is 27.7. The zero-order valence-corrected chi connectivity index (χ0v) is 34.2. The van der Waals surface area contributed by atoms with E-state index in [4.69, 9.17) is 0 Å². The van der Waals surface area contributed by atoms with Gasteiger partial charge < -0.3 is 4.90 Å². The van der Waals surface area contributed by atoms with Crippen molar-refractivity contribution < 1.29 is 0 Å². The third kappa shape index (κ3) is 5.57. The lowest BCUT2D eigenvalue weighted by molar-refractivity contribution is 0.332. The molecule has 1 nitrogen and oxygen atoms in total. The van der Waals surface area contributed by atoms with Crippen molar-refractivity contribution in [2.24, 2.45) is 0 Å². The summed E-state index contributed by atoms with van der Waals surface area (Å²) in [6, 6.07) is 60.3. The summed E-state index contributed by atoms with van der Waals surface area (Å²) in [4.78, 5) is 2.65. The summed E-state index contributed by atoms with van der Waals surface area (Å²) >= 11 is 0. The van der Waals surface area contributed by atoms with Gasteiger partial charge in [0.1, 0.15) is 0 Å². The number of aryl methyl sites for hydroxylation is 2. The normalized spacial score (nSPS) is 16.9. The summed E-state index contributed by atoms with van der Waals surface area (Å²) in [5.74, 6) is 0. The predicted molar refractivity (Wildman–Crippen MR) is 241 cm³/mol. The molecule has 57 heavy (non-hydrogen) atoms. The van der Waals surface area contributed by atoms with Crippen LogP contribution in [0.25, 0.3) is 22.3 Å². The van der Waals surface area contributed by atoms with E-state index < -0.39 is 5.41 Å². The Morgan fingerprint density at radius 2 is 1.09 bits per heavy atom. The van der Waals surface area contributed by atoms with Crippen LogP contribution in [0.5, 0.6) is 0 Å². The highest BCUT2D eigenvalue weighted by molar-refractivity contribution is 5.97. The molecule has 0 radical (unpaired) electrons. The molecule has 0 N–H and O–H groups in total. The minimum Gasteiger partial charge on any atom is -0.309 e. The molecule has 7 aromatic carbocycles. The van der Waals surface area contributed by atoms with Gasteiger partial charge >= 0.3 is 0 Å². The van der Waals surface area contributed by atoms with E-state index in [9.17, 15) is 0 Å². The predicted octanol–water partition coefficient (Wildman–Crippen LogP) is 14.7. The molecule has 0 saturated carbocycles. The Morgan fingerprint density at radius 1 is 0.474 bits per heavy atom. The first-order valence-electron chi connectivity index (χ1n) is 21.2. The van der Waals surface area contributed by atoms with Crippen molar-refractivity contribution in [2.45, 2.75) is 89.4 Å². The number of anilines is 3. The van der Waals surface area contributed by atoms with E-state index in [1.165, 1.54) is 115 Å². The minimum absolute atomic E-state index is 0.0916. The van der Waals surface area contributed by atoms with Crippen LogP contribution in [0.2, 0.25) is 0 Å². The summed E-state index contributed by atoms with van der Waals surface area (Å²) in [5, 5.41) is 0. The molecule has 0 fully saturated rings. The van der Waals surface area contributed by atoms with Gasteiger partial charge in [0.25, 0.3) is 0 Å². The van der Waals surface area contributed by atoms with Gasteiger partial charge in [-0.15, -0.1) is 0 Å². The van der Waals surface area contributed by atoms with E-state index in [1.807, 2.05) is 0 Å². The van der Waals surface area contributed by atoms with Crippen molar-refractivity contribution in [2.75, 3.05) is 4.90 Å². The standard InChI is InChI=1S/C56H53N/c1-38-29-30-39-19-15-16-26-44(39)53(38)57(43-24-13-8-14-25-43)52-37-50-47(36-46(52)40-31-32-49-51(35-40)55(4,5)34-33-54(49,2)3)45-27-17-18-28-48(45)56(50,41-20-9-6-10-21-41)42-22-11-7-12-23-42/h6-14,17-18,20-25,27-32,35-37H,15-16,19,26,33-34H2,1-5H3. The highest BCUT2D eigenvalue weighted by Gasteiger charge is 2.47. The number of nitrogens with zero attached hydrogens (tertiary/aromatic N) is 1. The molecule has 10 rings (SSSR count). The lowest BCUT2D eigenvalue weighted by Gasteiger charge is -2.42. The number of hydrogen-bond acceptors (Lipinski definition) is 1. The summed E-state index contributed by atoms with van der Waals surface area (Å²) in [6.45, 7) is 12.1. The Hall–Kier alpha value is -5.66. The minimum atomic E-state index is -0.503. The number of fused-ring (bicyclic) bond motifs is 5. The SMILES string of the molecule is Cc1ccc2c(c1N(c1ccccc1)c1cc3c(cc1-c1ccc4c(c1)C(C)(C)CCC4(C)C)-c1ccccc1C3(c1ccccc1)c1ccccc1)CCCC2. The molecule has 0 bridgehead atoms. The van der Waals surface area contributed by atoms with Gasteiger partial charge in [0.15, 0.2) is 0 Å². The highest BCUT2D eigenvalue weighted by atomic mass is 15.2. The molecule has 0 amide bonds. The van der Waals surface area contributed by atoms with Crippen LogP contribution in [0.15, 0.2) is 158 Å². The number of hydrogen-bond donors (Lipinski definition) is 0. The topological polar surface area (TPSA) is 3.24 Å². The van der Waals surface area contributed by atoms with Crippen LogP contribution in [-0.4, -0.2) is 0 Å². The van der Waals surface area contributed by atoms with E-state index in [-0.39, 0.29) is 10.8 Å². The number of benzene rings is 7. The van der Waals surface area contributed by atoms with Crippen LogP contribution in [0.3, 0.4) is 0 Å². The number of para-hydroxylation sites is 1. The van der Waals surface area contributed by atoms with E-state index >= 15 is 0 Å². The fourth-order valence-electron chi connectivity index (χ4n) is 10.9. The maximum absolute atomic E-state index is 2.65. The van der Waals surface area contributed by atoms with Gasteiger partial charge in [-0.2, -0.15) is 0 Å². The molecule has 7 aromatic rings. The van der Waals surface area contributed by atoms with Crippen molar-refractivity contribution in [3.8, 4) is 22.3 Å². The third-order valence-corrected chi connectivity index (χ3v) is 13.9. The van der Waals surface area contributed by atoms with Crippen molar-refractivity contribution in [1.82, 2.24) is 0 Å². The van der Waals surface area contributed by atoms with E-state index in [1.54, 1.807) is 0 Å². The van der Waals surface area contributed by atoms with Crippen LogP contribution in [0.1, 0.15) is 103 Å². The van der Waals surface area contributed by atoms with Gasteiger partial charge in [-0.3, -0.25) is 0 Å². The first kappa shape index (κ1) is 35.7.